The number of hydrogen-bond acceptors (Lipinski definition) is 2. The molecular formula is C16H32N2. The van der Waals surface area contributed by atoms with Gasteiger partial charge in [-0.15, -0.1) is 0 Å². The zero-order chi connectivity index (χ0) is 13.0. The van der Waals surface area contributed by atoms with Crippen LogP contribution in [0.25, 0.3) is 0 Å². The summed E-state index contributed by atoms with van der Waals surface area (Å²) in [4.78, 5) is 2.80. The van der Waals surface area contributed by atoms with Crippen molar-refractivity contribution in [3.05, 3.63) is 0 Å². The third kappa shape index (κ3) is 3.48. The second-order valence-corrected chi connectivity index (χ2v) is 7.00. The van der Waals surface area contributed by atoms with E-state index in [4.69, 9.17) is 0 Å². The fraction of sp³-hybridized carbons (Fsp3) is 1.00. The third-order valence-corrected chi connectivity index (χ3v) is 4.94. The summed E-state index contributed by atoms with van der Waals surface area (Å²) in [7, 11) is 0. The second kappa shape index (κ2) is 6.38. The van der Waals surface area contributed by atoms with Crippen LogP contribution in [0, 0.1) is 11.3 Å². The molecule has 2 nitrogen and oxygen atoms in total. The van der Waals surface area contributed by atoms with Crippen molar-refractivity contribution in [2.45, 2.75) is 65.3 Å². The SMILES string of the molecule is CCCNCC(C)(CCC)CN1CC2CCC1C2. The lowest BCUT2D eigenvalue weighted by atomic mass is 9.84. The maximum Gasteiger partial charge on any atom is 0.00988 e. The fourth-order valence-corrected chi connectivity index (χ4v) is 4.10. The molecule has 3 unspecified atom stereocenters. The highest BCUT2D eigenvalue weighted by Crippen LogP contribution is 2.39. The van der Waals surface area contributed by atoms with Gasteiger partial charge in [-0.1, -0.05) is 27.2 Å². The summed E-state index contributed by atoms with van der Waals surface area (Å²) in [6, 6.07) is 0.928. The van der Waals surface area contributed by atoms with Crippen LogP contribution in [-0.2, 0) is 0 Å². The first-order valence-corrected chi connectivity index (χ1v) is 8.11. The Balaban J connectivity index is 1.84. The predicted molar refractivity (Wildman–Crippen MR) is 78.9 cm³/mol. The minimum atomic E-state index is 0.481. The van der Waals surface area contributed by atoms with Crippen molar-refractivity contribution in [3.63, 3.8) is 0 Å². The molecule has 0 aromatic carbocycles. The van der Waals surface area contributed by atoms with Gasteiger partial charge in [0.05, 0.1) is 0 Å². The van der Waals surface area contributed by atoms with Gasteiger partial charge in [0, 0.05) is 25.7 Å². The summed E-state index contributed by atoms with van der Waals surface area (Å²) >= 11 is 0. The Labute approximate surface area is 114 Å². The number of fused-ring (bicyclic) bond motifs is 2. The molecule has 1 aliphatic heterocycles. The van der Waals surface area contributed by atoms with E-state index in [2.05, 4.69) is 31.0 Å². The molecule has 1 N–H and O–H groups in total. The topological polar surface area (TPSA) is 15.3 Å². The lowest BCUT2D eigenvalue weighted by Crippen LogP contribution is -2.45. The van der Waals surface area contributed by atoms with Gasteiger partial charge in [-0.3, -0.25) is 4.90 Å². The quantitative estimate of drug-likeness (QED) is 0.667. The molecule has 2 fully saturated rings. The summed E-state index contributed by atoms with van der Waals surface area (Å²) in [6.07, 6.45) is 8.38. The molecule has 0 radical (unpaired) electrons. The Morgan fingerprint density at radius 1 is 1.22 bits per heavy atom. The molecule has 0 aromatic heterocycles. The van der Waals surface area contributed by atoms with Crippen molar-refractivity contribution >= 4 is 0 Å². The van der Waals surface area contributed by atoms with E-state index in [1.54, 1.807) is 0 Å². The number of nitrogens with zero attached hydrogens (tertiary/aromatic N) is 1. The Morgan fingerprint density at radius 2 is 2.06 bits per heavy atom. The van der Waals surface area contributed by atoms with Crippen LogP contribution in [0.2, 0.25) is 0 Å². The molecule has 1 saturated carbocycles. The monoisotopic (exact) mass is 252 g/mol. The summed E-state index contributed by atoms with van der Waals surface area (Å²) in [6.45, 7) is 12.1. The average molecular weight is 252 g/mol. The van der Waals surface area contributed by atoms with Gasteiger partial charge in [-0.2, -0.15) is 0 Å². The molecule has 0 aromatic rings. The largest absolute Gasteiger partial charge is 0.316 e. The van der Waals surface area contributed by atoms with Crippen molar-refractivity contribution in [1.82, 2.24) is 10.2 Å². The van der Waals surface area contributed by atoms with E-state index in [-0.39, 0.29) is 0 Å². The number of likely N-dealkylation sites (tertiary alicyclic amines) is 1. The Bertz CT molecular complexity index is 253. The van der Waals surface area contributed by atoms with Crippen LogP contribution in [0.4, 0.5) is 0 Å². The summed E-state index contributed by atoms with van der Waals surface area (Å²) in [5.41, 5.74) is 0.481. The molecule has 2 bridgehead atoms. The van der Waals surface area contributed by atoms with Gasteiger partial charge in [0.1, 0.15) is 0 Å². The van der Waals surface area contributed by atoms with Crippen molar-refractivity contribution in [2.24, 2.45) is 11.3 Å². The van der Waals surface area contributed by atoms with Crippen LogP contribution >= 0.6 is 0 Å². The van der Waals surface area contributed by atoms with E-state index in [0.29, 0.717) is 5.41 Å². The molecule has 1 aliphatic carbocycles. The van der Waals surface area contributed by atoms with Crippen LogP contribution in [0.1, 0.15) is 59.3 Å². The molecule has 106 valence electrons. The molecule has 1 saturated heterocycles. The maximum absolute atomic E-state index is 3.65. The number of hydrogen-bond donors (Lipinski definition) is 1. The molecule has 3 atom stereocenters. The molecule has 2 rings (SSSR count). The summed E-state index contributed by atoms with van der Waals surface area (Å²) in [5.74, 6) is 1.03. The van der Waals surface area contributed by atoms with Gasteiger partial charge in [0.2, 0.25) is 0 Å². The van der Waals surface area contributed by atoms with E-state index in [9.17, 15) is 0 Å². The van der Waals surface area contributed by atoms with E-state index >= 15 is 0 Å². The van der Waals surface area contributed by atoms with E-state index in [0.717, 1.165) is 12.0 Å². The minimum Gasteiger partial charge on any atom is -0.316 e. The average Bonchev–Trinajstić information content (AvgIpc) is 2.91. The fourth-order valence-electron chi connectivity index (χ4n) is 4.10. The standard InChI is InChI=1S/C16H32N2/c1-4-8-16(3,12-17-9-5-2)13-18-11-14-6-7-15(18)10-14/h14-15,17H,4-13H2,1-3H3. The number of piperidine rings is 1. The van der Waals surface area contributed by atoms with Gasteiger partial charge < -0.3 is 5.32 Å². The van der Waals surface area contributed by atoms with E-state index in [1.165, 1.54) is 64.7 Å². The van der Waals surface area contributed by atoms with Crippen LogP contribution in [0.3, 0.4) is 0 Å². The van der Waals surface area contributed by atoms with Crippen molar-refractivity contribution < 1.29 is 0 Å². The van der Waals surface area contributed by atoms with Gasteiger partial charge in [-0.25, -0.2) is 0 Å². The predicted octanol–water partition coefficient (Wildman–Crippen LogP) is 3.28. The van der Waals surface area contributed by atoms with Crippen LogP contribution < -0.4 is 5.32 Å². The molecule has 0 spiro atoms. The van der Waals surface area contributed by atoms with Crippen molar-refractivity contribution in [2.75, 3.05) is 26.2 Å². The van der Waals surface area contributed by atoms with E-state index in [1.807, 2.05) is 0 Å². The highest BCUT2D eigenvalue weighted by molar-refractivity contribution is 4.95. The molecule has 1 heterocycles. The Hall–Kier alpha value is -0.0800. The Kier molecular flexibility index (Phi) is 5.08. The first kappa shape index (κ1) is 14.3. The molecule has 18 heavy (non-hydrogen) atoms. The molecule has 0 amide bonds. The zero-order valence-electron chi connectivity index (χ0n) is 12.7. The van der Waals surface area contributed by atoms with Gasteiger partial charge in [0.15, 0.2) is 0 Å². The first-order valence-electron chi connectivity index (χ1n) is 8.11. The lowest BCUT2D eigenvalue weighted by Gasteiger charge is -2.38. The molecule has 2 heteroatoms. The highest BCUT2D eigenvalue weighted by atomic mass is 15.2. The smallest absolute Gasteiger partial charge is 0.00988 e. The van der Waals surface area contributed by atoms with E-state index < -0.39 is 0 Å². The van der Waals surface area contributed by atoms with Crippen molar-refractivity contribution in [3.8, 4) is 0 Å². The Morgan fingerprint density at radius 3 is 2.61 bits per heavy atom. The van der Waals surface area contributed by atoms with Crippen LogP contribution in [-0.4, -0.2) is 37.1 Å². The normalized spacial score (nSPS) is 30.8. The second-order valence-electron chi connectivity index (χ2n) is 7.00. The van der Waals surface area contributed by atoms with Gasteiger partial charge >= 0.3 is 0 Å². The molecule has 2 aliphatic rings. The van der Waals surface area contributed by atoms with Gasteiger partial charge in [-0.05, 0) is 50.0 Å². The van der Waals surface area contributed by atoms with Crippen molar-refractivity contribution in [1.29, 1.82) is 0 Å². The number of nitrogens with one attached hydrogen (secondary N) is 1. The third-order valence-electron chi connectivity index (χ3n) is 4.94. The molecular weight excluding hydrogens is 220 g/mol. The number of rotatable bonds is 8. The first-order chi connectivity index (χ1) is 8.67. The minimum absolute atomic E-state index is 0.481. The van der Waals surface area contributed by atoms with Crippen LogP contribution in [0.5, 0.6) is 0 Å². The van der Waals surface area contributed by atoms with Gasteiger partial charge in [0.25, 0.3) is 0 Å². The maximum atomic E-state index is 3.65. The highest BCUT2D eigenvalue weighted by Gasteiger charge is 2.40. The van der Waals surface area contributed by atoms with Crippen LogP contribution in [0.15, 0.2) is 0 Å². The zero-order valence-corrected chi connectivity index (χ0v) is 12.7. The lowest BCUT2D eigenvalue weighted by molar-refractivity contribution is 0.120. The summed E-state index contributed by atoms with van der Waals surface area (Å²) < 4.78 is 0. The summed E-state index contributed by atoms with van der Waals surface area (Å²) in [5, 5.41) is 3.65.